The molecular formula is C25H36S. The molecule has 0 N–H and O–H groups in total. The highest BCUT2D eigenvalue weighted by Gasteiger charge is 2.33. The molecule has 0 atom stereocenters. The standard InChI is InChI=1S/C25H36S/c1-17-12-19(16-25(5,6)7)14-22-23(17)20-11-10-18(15-24(2,3)4)13-21(20)26(22,8)9/h10-14H,15-16H2,1-9H3. The molecule has 0 radical (unpaired) electrons. The van der Waals surface area contributed by atoms with Crippen LogP contribution in [0.1, 0.15) is 58.2 Å². The van der Waals surface area contributed by atoms with Gasteiger partial charge in [-0.2, -0.15) is 10.0 Å². The van der Waals surface area contributed by atoms with Crippen LogP contribution >= 0.6 is 10.0 Å². The topological polar surface area (TPSA) is 0 Å². The molecule has 26 heavy (non-hydrogen) atoms. The first kappa shape index (κ1) is 19.5. The zero-order chi connectivity index (χ0) is 19.5. The molecule has 0 saturated carbocycles. The Morgan fingerprint density at radius 3 is 1.85 bits per heavy atom. The van der Waals surface area contributed by atoms with Gasteiger partial charge in [0.05, 0.1) is 0 Å². The molecule has 3 rings (SSSR count). The molecule has 0 spiro atoms. The largest absolute Gasteiger partial charge is 0.192 e. The quantitative estimate of drug-likeness (QED) is 0.511. The highest BCUT2D eigenvalue weighted by atomic mass is 32.3. The van der Waals surface area contributed by atoms with Crippen molar-refractivity contribution >= 4 is 10.0 Å². The lowest BCUT2D eigenvalue weighted by Gasteiger charge is -2.30. The normalized spacial score (nSPS) is 17.0. The first-order valence-electron chi connectivity index (χ1n) is 9.78. The maximum absolute atomic E-state index is 2.52. The van der Waals surface area contributed by atoms with Crippen LogP contribution in [0.4, 0.5) is 0 Å². The van der Waals surface area contributed by atoms with E-state index in [2.05, 4.69) is 91.3 Å². The van der Waals surface area contributed by atoms with E-state index in [1.165, 1.54) is 27.8 Å². The highest BCUT2D eigenvalue weighted by molar-refractivity contribution is 8.33. The molecule has 2 aromatic rings. The zero-order valence-electron chi connectivity index (χ0n) is 18.2. The molecule has 0 amide bonds. The van der Waals surface area contributed by atoms with E-state index in [0.29, 0.717) is 10.8 Å². The number of hydrogen-bond acceptors (Lipinski definition) is 0. The van der Waals surface area contributed by atoms with E-state index in [9.17, 15) is 0 Å². The minimum atomic E-state index is -0.944. The number of aryl methyl sites for hydroxylation is 1. The summed E-state index contributed by atoms with van der Waals surface area (Å²) in [6.45, 7) is 16.3. The second kappa shape index (κ2) is 6.16. The third-order valence-electron chi connectivity index (χ3n) is 5.24. The Bertz CT molecular complexity index is 842. The summed E-state index contributed by atoms with van der Waals surface area (Å²) >= 11 is 0. The second-order valence-corrected chi connectivity index (χ2v) is 14.5. The van der Waals surface area contributed by atoms with E-state index in [1.54, 1.807) is 9.79 Å². The van der Waals surface area contributed by atoms with Gasteiger partial charge in [-0.25, -0.2) is 0 Å². The summed E-state index contributed by atoms with van der Waals surface area (Å²) in [5.41, 5.74) is 8.08. The van der Waals surface area contributed by atoms with Crippen LogP contribution in [0.2, 0.25) is 0 Å². The van der Waals surface area contributed by atoms with Gasteiger partial charge in [-0.05, 0) is 83.1 Å². The van der Waals surface area contributed by atoms with Gasteiger partial charge in [0.1, 0.15) is 0 Å². The van der Waals surface area contributed by atoms with Crippen molar-refractivity contribution in [2.75, 3.05) is 12.5 Å². The first-order chi connectivity index (χ1) is 11.8. The second-order valence-electron chi connectivity index (χ2n) is 10.9. The van der Waals surface area contributed by atoms with Crippen molar-refractivity contribution in [3.63, 3.8) is 0 Å². The van der Waals surface area contributed by atoms with Crippen LogP contribution in [-0.4, -0.2) is 12.5 Å². The van der Waals surface area contributed by atoms with E-state index in [4.69, 9.17) is 0 Å². The highest BCUT2D eigenvalue weighted by Crippen LogP contribution is 2.68. The van der Waals surface area contributed by atoms with Crippen molar-refractivity contribution in [2.45, 2.75) is 71.1 Å². The Morgan fingerprint density at radius 2 is 1.27 bits per heavy atom. The van der Waals surface area contributed by atoms with Crippen molar-refractivity contribution < 1.29 is 0 Å². The summed E-state index contributed by atoms with van der Waals surface area (Å²) < 4.78 is 0. The Morgan fingerprint density at radius 1 is 0.731 bits per heavy atom. The molecule has 0 bridgehead atoms. The molecule has 142 valence electrons. The van der Waals surface area contributed by atoms with Gasteiger partial charge in [-0.3, -0.25) is 0 Å². The van der Waals surface area contributed by atoms with E-state index < -0.39 is 10.0 Å². The molecule has 0 fully saturated rings. The summed E-state index contributed by atoms with van der Waals surface area (Å²) in [6, 6.07) is 12.2. The third-order valence-corrected chi connectivity index (χ3v) is 8.10. The van der Waals surface area contributed by atoms with Crippen molar-refractivity contribution in [2.24, 2.45) is 10.8 Å². The van der Waals surface area contributed by atoms with Crippen LogP contribution < -0.4 is 0 Å². The smallest absolute Gasteiger partial charge is 0.00207 e. The fraction of sp³-hybridized carbons (Fsp3) is 0.520. The van der Waals surface area contributed by atoms with Crippen molar-refractivity contribution in [3.05, 3.63) is 47.0 Å². The SMILES string of the molecule is Cc1cc(CC(C)(C)C)cc2c1-c1ccc(CC(C)(C)C)cc1S2(C)C. The number of hydrogen-bond donors (Lipinski definition) is 0. The molecule has 1 aliphatic rings. The zero-order valence-corrected chi connectivity index (χ0v) is 19.0. The molecule has 0 unspecified atom stereocenters. The lowest BCUT2D eigenvalue weighted by molar-refractivity contribution is 0.410. The van der Waals surface area contributed by atoms with Gasteiger partial charge in [0.25, 0.3) is 0 Å². The third kappa shape index (κ3) is 3.74. The van der Waals surface area contributed by atoms with Gasteiger partial charge in [-0.15, -0.1) is 0 Å². The number of fused-ring (bicyclic) bond motifs is 3. The fourth-order valence-corrected chi connectivity index (χ4v) is 6.96. The minimum Gasteiger partial charge on any atom is -0.192 e. The molecule has 2 aromatic carbocycles. The van der Waals surface area contributed by atoms with Crippen LogP contribution in [0, 0.1) is 17.8 Å². The first-order valence-corrected chi connectivity index (χ1v) is 12.2. The maximum Gasteiger partial charge on any atom is 0.00207 e. The molecule has 0 aliphatic carbocycles. The minimum absolute atomic E-state index is 0.325. The molecule has 0 nitrogen and oxygen atoms in total. The van der Waals surface area contributed by atoms with Crippen LogP contribution in [-0.2, 0) is 12.8 Å². The van der Waals surface area contributed by atoms with Crippen LogP contribution in [0.25, 0.3) is 11.1 Å². The Labute approximate surface area is 162 Å². The summed E-state index contributed by atoms with van der Waals surface area (Å²) in [6.07, 6.45) is 7.25. The van der Waals surface area contributed by atoms with E-state index in [1.807, 2.05) is 0 Å². The van der Waals surface area contributed by atoms with Crippen molar-refractivity contribution in [3.8, 4) is 11.1 Å². The Kier molecular flexibility index (Phi) is 4.63. The maximum atomic E-state index is 2.52. The van der Waals surface area contributed by atoms with Gasteiger partial charge in [-0.1, -0.05) is 59.7 Å². The lowest BCUT2D eigenvalue weighted by atomic mass is 9.86. The Hall–Kier alpha value is -1.21. The summed E-state index contributed by atoms with van der Waals surface area (Å²) in [7, 11) is -0.944. The van der Waals surface area contributed by atoms with Crippen LogP contribution in [0.5, 0.6) is 0 Å². The van der Waals surface area contributed by atoms with Crippen LogP contribution in [0.3, 0.4) is 0 Å². The molecule has 1 heterocycles. The Balaban J connectivity index is 2.11. The fourth-order valence-electron chi connectivity index (χ4n) is 4.33. The average molecular weight is 369 g/mol. The lowest BCUT2D eigenvalue weighted by Crippen LogP contribution is -2.10. The molecular weight excluding hydrogens is 332 g/mol. The molecule has 1 aliphatic heterocycles. The van der Waals surface area contributed by atoms with Crippen molar-refractivity contribution in [1.82, 2.24) is 0 Å². The molecule has 0 aromatic heterocycles. The van der Waals surface area contributed by atoms with Crippen molar-refractivity contribution in [1.29, 1.82) is 0 Å². The van der Waals surface area contributed by atoms with Gasteiger partial charge in [0.15, 0.2) is 0 Å². The van der Waals surface area contributed by atoms with Gasteiger partial charge < -0.3 is 0 Å². The predicted molar refractivity (Wildman–Crippen MR) is 119 cm³/mol. The molecule has 1 heteroatoms. The van der Waals surface area contributed by atoms with E-state index in [-0.39, 0.29) is 0 Å². The predicted octanol–water partition coefficient (Wildman–Crippen LogP) is 7.63. The molecule has 0 saturated heterocycles. The van der Waals surface area contributed by atoms with E-state index >= 15 is 0 Å². The van der Waals surface area contributed by atoms with E-state index in [0.717, 1.165) is 12.8 Å². The number of rotatable bonds is 2. The average Bonchev–Trinajstić information content (AvgIpc) is 2.64. The summed E-state index contributed by atoms with van der Waals surface area (Å²) in [5.74, 6) is 0. The van der Waals surface area contributed by atoms with Gasteiger partial charge in [0.2, 0.25) is 0 Å². The van der Waals surface area contributed by atoms with Gasteiger partial charge >= 0.3 is 0 Å². The van der Waals surface area contributed by atoms with Crippen LogP contribution in [0.15, 0.2) is 40.1 Å². The number of benzene rings is 2. The summed E-state index contributed by atoms with van der Waals surface area (Å²) in [5, 5.41) is 0. The van der Waals surface area contributed by atoms with Gasteiger partial charge in [0, 0.05) is 9.79 Å². The summed E-state index contributed by atoms with van der Waals surface area (Å²) in [4.78, 5) is 3.19. The monoisotopic (exact) mass is 368 g/mol.